The molecule has 4 atom stereocenters. The SMILES string of the molecule is Brc1ccc(C2[CH-]C3=CC=CCC3C2)cc1.Brc1ccc(C2[CH-]C3=CC=CCC3C2)cc1.[Cl-].[Cl-].[Zr+4]. The zero-order chi connectivity index (χ0) is 21.9. The molecule has 0 amide bonds. The topological polar surface area (TPSA) is 0 Å². The number of halogens is 4. The monoisotopic (exact) mass is 706 g/mol. The van der Waals surface area contributed by atoms with Crippen LogP contribution in [0.25, 0.3) is 0 Å². The third kappa shape index (κ3) is 7.78. The second-order valence-corrected chi connectivity index (χ2v) is 11.0. The molecular weight excluding hydrogens is 682 g/mol. The van der Waals surface area contributed by atoms with Gasteiger partial charge in [-0.1, -0.05) is 91.9 Å². The van der Waals surface area contributed by atoms with E-state index in [1.165, 1.54) is 48.0 Å². The smallest absolute Gasteiger partial charge is 1.00 e. The first-order chi connectivity index (χ1) is 15.7. The molecule has 0 aromatic heterocycles. The average Bonchev–Trinajstić information content (AvgIpc) is 3.45. The Morgan fingerprint density at radius 3 is 1.31 bits per heavy atom. The van der Waals surface area contributed by atoms with E-state index in [9.17, 15) is 0 Å². The molecular formula is C30H28Br2Cl2Zr. The van der Waals surface area contributed by atoms with Crippen molar-refractivity contribution < 1.29 is 51.0 Å². The molecule has 0 spiro atoms. The molecule has 2 aromatic rings. The molecule has 0 radical (unpaired) electrons. The molecule has 4 aliphatic rings. The van der Waals surface area contributed by atoms with Crippen molar-refractivity contribution in [3.63, 3.8) is 0 Å². The zero-order valence-electron chi connectivity index (χ0n) is 19.4. The molecule has 0 N–H and O–H groups in total. The van der Waals surface area contributed by atoms with Crippen molar-refractivity contribution in [2.75, 3.05) is 0 Å². The summed E-state index contributed by atoms with van der Waals surface area (Å²) in [7, 11) is 0. The molecule has 2 saturated carbocycles. The van der Waals surface area contributed by atoms with Crippen LogP contribution in [-0.4, -0.2) is 0 Å². The summed E-state index contributed by atoms with van der Waals surface area (Å²) in [6, 6.07) is 17.5. The maximum atomic E-state index is 3.48. The number of fused-ring (bicyclic) bond motifs is 2. The number of benzene rings is 2. The van der Waals surface area contributed by atoms with Crippen LogP contribution in [0.4, 0.5) is 0 Å². The van der Waals surface area contributed by atoms with Crippen LogP contribution in [0.5, 0.6) is 0 Å². The van der Waals surface area contributed by atoms with Gasteiger partial charge >= 0.3 is 26.2 Å². The second-order valence-electron chi connectivity index (χ2n) is 9.18. The summed E-state index contributed by atoms with van der Waals surface area (Å²) in [5, 5.41) is 0. The van der Waals surface area contributed by atoms with E-state index < -0.39 is 0 Å². The standard InChI is InChI=1S/2C15H14Br.2ClH.Zr/c2*16-15-7-5-11(6-8-15)14-9-12-3-1-2-4-13(12)10-14;;;/h2*1-3,5-9,13-14H,4,10H2;2*1H;/q2*-1;;;+4/p-2. The minimum Gasteiger partial charge on any atom is -1.00 e. The average molecular weight is 710 g/mol. The van der Waals surface area contributed by atoms with Gasteiger partial charge in [0.25, 0.3) is 0 Å². The van der Waals surface area contributed by atoms with Crippen molar-refractivity contribution in [3.8, 4) is 0 Å². The van der Waals surface area contributed by atoms with E-state index >= 15 is 0 Å². The molecule has 4 unspecified atom stereocenters. The van der Waals surface area contributed by atoms with E-state index in [1.54, 1.807) is 0 Å². The Labute approximate surface area is 259 Å². The van der Waals surface area contributed by atoms with Crippen LogP contribution in [0.3, 0.4) is 0 Å². The van der Waals surface area contributed by atoms with Gasteiger partial charge in [0.05, 0.1) is 0 Å². The van der Waals surface area contributed by atoms with Crippen molar-refractivity contribution in [2.45, 2.75) is 37.5 Å². The third-order valence-electron chi connectivity index (χ3n) is 7.09. The van der Waals surface area contributed by atoms with E-state index in [0.29, 0.717) is 11.8 Å². The van der Waals surface area contributed by atoms with Crippen LogP contribution in [0.15, 0.2) is 105 Å². The van der Waals surface area contributed by atoms with Crippen LogP contribution in [0, 0.1) is 24.7 Å². The third-order valence-corrected chi connectivity index (χ3v) is 8.15. The summed E-state index contributed by atoms with van der Waals surface area (Å²) in [5.41, 5.74) is 5.96. The van der Waals surface area contributed by atoms with Crippen molar-refractivity contribution in [1.82, 2.24) is 0 Å². The van der Waals surface area contributed by atoms with Gasteiger partial charge in [-0.3, -0.25) is 0 Å². The number of allylic oxidation sites excluding steroid dienone is 8. The first-order valence-corrected chi connectivity index (χ1v) is 13.2. The van der Waals surface area contributed by atoms with Gasteiger partial charge in [-0.25, -0.2) is 36.1 Å². The zero-order valence-corrected chi connectivity index (χ0v) is 26.5. The fraction of sp³-hybridized carbons (Fsp3) is 0.267. The molecule has 2 fully saturated rings. The van der Waals surface area contributed by atoms with Gasteiger partial charge in [-0.2, -0.15) is 0 Å². The Hall–Kier alpha value is -0.437. The van der Waals surface area contributed by atoms with Crippen LogP contribution >= 0.6 is 31.9 Å². The van der Waals surface area contributed by atoms with Crippen LogP contribution in [0.2, 0.25) is 0 Å². The first-order valence-electron chi connectivity index (χ1n) is 11.6. The molecule has 0 aliphatic heterocycles. The fourth-order valence-electron chi connectivity index (χ4n) is 5.33. The van der Waals surface area contributed by atoms with Crippen molar-refractivity contribution in [1.29, 1.82) is 0 Å². The summed E-state index contributed by atoms with van der Waals surface area (Å²) in [6.45, 7) is 0. The summed E-state index contributed by atoms with van der Waals surface area (Å²) < 4.78 is 2.32. The van der Waals surface area contributed by atoms with Gasteiger partial charge in [0.15, 0.2) is 0 Å². The predicted molar refractivity (Wildman–Crippen MR) is 142 cm³/mol. The quantitative estimate of drug-likeness (QED) is 0.421. The van der Waals surface area contributed by atoms with Crippen LogP contribution in [-0.2, 0) is 26.2 Å². The summed E-state index contributed by atoms with van der Waals surface area (Å²) in [6.07, 6.45) is 23.4. The number of hydrogen-bond donors (Lipinski definition) is 0. The normalized spacial score (nSPS) is 24.9. The molecule has 180 valence electrons. The van der Waals surface area contributed by atoms with Crippen molar-refractivity contribution >= 4 is 31.9 Å². The summed E-state index contributed by atoms with van der Waals surface area (Å²) in [4.78, 5) is 0. The molecule has 0 nitrogen and oxygen atoms in total. The van der Waals surface area contributed by atoms with Gasteiger partial charge in [0.1, 0.15) is 0 Å². The largest absolute Gasteiger partial charge is 4.00 e. The number of rotatable bonds is 2. The van der Waals surface area contributed by atoms with E-state index in [2.05, 4.69) is 130 Å². The molecule has 35 heavy (non-hydrogen) atoms. The van der Waals surface area contributed by atoms with Gasteiger partial charge in [-0.15, -0.1) is 24.3 Å². The Balaban J connectivity index is 0.000000227. The van der Waals surface area contributed by atoms with Crippen LogP contribution in [0.1, 0.15) is 48.6 Å². The minimum absolute atomic E-state index is 0. The fourth-order valence-corrected chi connectivity index (χ4v) is 5.86. The minimum atomic E-state index is 0. The van der Waals surface area contributed by atoms with Gasteiger partial charge in [0.2, 0.25) is 0 Å². The molecule has 5 heteroatoms. The van der Waals surface area contributed by atoms with Gasteiger partial charge in [0, 0.05) is 8.95 Å². The van der Waals surface area contributed by atoms with E-state index in [0.717, 1.165) is 20.8 Å². The van der Waals surface area contributed by atoms with E-state index in [-0.39, 0.29) is 51.0 Å². The molecule has 2 aromatic carbocycles. The molecule has 4 aliphatic carbocycles. The van der Waals surface area contributed by atoms with Gasteiger partial charge in [-0.05, 0) is 48.9 Å². The maximum absolute atomic E-state index is 3.48. The Kier molecular flexibility index (Phi) is 12.7. The second kappa shape index (κ2) is 14.5. The van der Waals surface area contributed by atoms with Crippen molar-refractivity contribution in [3.05, 3.63) is 129 Å². The maximum Gasteiger partial charge on any atom is 4.00 e. The Morgan fingerprint density at radius 1 is 0.600 bits per heavy atom. The summed E-state index contributed by atoms with van der Waals surface area (Å²) >= 11 is 6.97. The molecule has 0 saturated heterocycles. The molecule has 0 bridgehead atoms. The summed E-state index contributed by atoms with van der Waals surface area (Å²) in [5.74, 6) is 2.76. The Morgan fingerprint density at radius 2 is 0.971 bits per heavy atom. The predicted octanol–water partition coefficient (Wildman–Crippen LogP) is 3.29. The first kappa shape index (κ1) is 30.8. The number of hydrogen-bond acceptors (Lipinski definition) is 0. The van der Waals surface area contributed by atoms with Crippen molar-refractivity contribution in [2.24, 2.45) is 11.8 Å². The molecule has 6 rings (SSSR count). The molecule has 0 heterocycles. The van der Waals surface area contributed by atoms with Gasteiger partial charge < -0.3 is 24.8 Å². The van der Waals surface area contributed by atoms with E-state index in [1.807, 2.05) is 0 Å². The Bertz CT molecular complexity index is 983. The van der Waals surface area contributed by atoms with Crippen LogP contribution < -0.4 is 24.8 Å². The van der Waals surface area contributed by atoms with E-state index in [4.69, 9.17) is 0 Å².